The van der Waals surface area contributed by atoms with Crippen molar-refractivity contribution in [1.82, 2.24) is 20.9 Å². The Bertz CT molecular complexity index is 1560. The van der Waals surface area contributed by atoms with E-state index in [0.29, 0.717) is 9.92 Å². The van der Waals surface area contributed by atoms with Crippen LogP contribution in [0.3, 0.4) is 0 Å². The van der Waals surface area contributed by atoms with Gasteiger partial charge in [-0.1, -0.05) is 47.6 Å². The molecule has 11 heteroatoms. The fourth-order valence-corrected chi connectivity index (χ4v) is 5.44. The van der Waals surface area contributed by atoms with E-state index < -0.39 is 17.5 Å². The second kappa shape index (κ2) is 10.9. The number of aromatic nitrogens is 3. The van der Waals surface area contributed by atoms with E-state index in [9.17, 15) is 14.7 Å². The predicted octanol–water partition coefficient (Wildman–Crippen LogP) is 5.35. The number of rotatable bonds is 7. The zero-order valence-corrected chi connectivity index (χ0v) is 21.1. The van der Waals surface area contributed by atoms with Crippen LogP contribution < -0.4 is 27.7 Å². The van der Waals surface area contributed by atoms with Crippen LogP contribution in [0.25, 0.3) is 0 Å². The summed E-state index contributed by atoms with van der Waals surface area (Å²) in [7, 11) is 0. The van der Waals surface area contributed by atoms with Gasteiger partial charge in [0.05, 0.1) is 21.6 Å². The molecule has 0 aliphatic heterocycles. The van der Waals surface area contributed by atoms with E-state index in [4.69, 9.17) is 11.6 Å². The van der Waals surface area contributed by atoms with Crippen molar-refractivity contribution in [3.05, 3.63) is 121 Å². The summed E-state index contributed by atoms with van der Waals surface area (Å²) in [5, 5.41) is 23.7. The Morgan fingerprint density at radius 2 is 1.72 bits per heavy atom. The second-order valence-corrected chi connectivity index (χ2v) is 9.86. The molecule has 1 atom stereocenters. The molecule has 0 aliphatic carbocycles. The molecule has 0 spiro atoms. The molecule has 0 aliphatic rings. The smallest absolute Gasteiger partial charge is 0.277 e. The number of hydrogen-bond donors (Lipinski definition) is 4. The van der Waals surface area contributed by atoms with Gasteiger partial charge in [0.2, 0.25) is 5.56 Å². The maximum atomic E-state index is 13.4. The van der Waals surface area contributed by atoms with Gasteiger partial charge in [-0.05, 0) is 58.3 Å². The molecule has 6 N–H and O–H groups in total. The molecule has 1 unspecified atom stereocenters. The van der Waals surface area contributed by atoms with Gasteiger partial charge in [0.15, 0.2) is 0 Å². The van der Waals surface area contributed by atoms with Gasteiger partial charge < -0.3 is 21.6 Å². The second-order valence-electron chi connectivity index (χ2n) is 7.63. The van der Waals surface area contributed by atoms with E-state index in [1.807, 2.05) is 41.1 Å². The van der Waals surface area contributed by atoms with Crippen LogP contribution in [0.15, 0.2) is 103 Å². The maximum Gasteiger partial charge on any atom is 0.277 e. The number of hydrogen-bond acceptors (Lipinski definition) is 7. The summed E-state index contributed by atoms with van der Waals surface area (Å²) in [5.41, 5.74) is 2.62. The van der Waals surface area contributed by atoms with Gasteiger partial charge in [-0.2, -0.15) is 11.3 Å². The number of H-pyrrole nitrogens is 2. The Hall–Kier alpha value is -3.70. The fraction of sp³-hybridized carbons (Fsp3) is 0.0400. The Morgan fingerprint density at radius 3 is 2.39 bits per heavy atom. The van der Waals surface area contributed by atoms with Crippen LogP contribution in [0.2, 0.25) is 5.02 Å². The molecule has 0 saturated heterocycles. The molecule has 2 aromatic carbocycles. The van der Waals surface area contributed by atoms with E-state index in [1.165, 1.54) is 22.1 Å². The minimum atomic E-state index is -0.510. The fourth-order valence-electron chi connectivity index (χ4n) is 3.65. The highest BCUT2D eigenvalue weighted by Crippen LogP contribution is 2.38. The lowest BCUT2D eigenvalue weighted by atomic mass is 10.0. The molecule has 184 valence electrons. The largest absolute Gasteiger partial charge is 0.858 e. The van der Waals surface area contributed by atoms with Crippen LogP contribution in [-0.4, -0.2) is 14.8 Å². The van der Waals surface area contributed by atoms with Crippen molar-refractivity contribution in [1.29, 1.82) is 0 Å². The summed E-state index contributed by atoms with van der Waals surface area (Å²) >= 11 is 8.82. The molecule has 8 nitrogen and oxygen atoms in total. The molecule has 0 saturated carbocycles. The molecule has 0 fully saturated rings. The highest BCUT2D eigenvalue weighted by molar-refractivity contribution is 7.99. The minimum Gasteiger partial charge on any atom is -0.858 e. The van der Waals surface area contributed by atoms with Crippen LogP contribution in [-0.2, 0) is 0 Å². The summed E-state index contributed by atoms with van der Waals surface area (Å²) in [6, 6.07) is 19.2. The molecule has 0 radical (unpaired) electrons. The van der Waals surface area contributed by atoms with Crippen LogP contribution in [0.1, 0.15) is 17.2 Å². The summed E-state index contributed by atoms with van der Waals surface area (Å²) in [5.74, 6) is -0.411. The van der Waals surface area contributed by atoms with Crippen molar-refractivity contribution in [2.24, 2.45) is 0 Å². The average Bonchev–Trinajstić information content (AvgIpc) is 3.48. The molecule has 3 aromatic heterocycles. The third-order valence-electron chi connectivity index (χ3n) is 5.31. The van der Waals surface area contributed by atoms with Crippen molar-refractivity contribution in [3.8, 4) is 5.88 Å². The first kappa shape index (κ1) is 25.4. The molecule has 5 rings (SSSR count). The standard InChI is InChI=1S/C25H19ClN4O3S2.H3N/c26-19-3-1-2-4-20(19)35-23-24(32)29-30(25(23)33)22(16-11-12-34-14-16)15-5-7-17(8-6-15)28-18-9-10-21(31)27-13-18;/h1-14,22,28,33H,(H,27,31)(H,29,32);1H3/p-1. The number of nitrogens with zero attached hydrogens (tertiary/aromatic N) is 1. The van der Waals surface area contributed by atoms with Gasteiger partial charge in [-0.3, -0.25) is 19.4 Å². The lowest BCUT2D eigenvalue weighted by Crippen LogP contribution is -2.17. The molecule has 3 heterocycles. The highest BCUT2D eigenvalue weighted by atomic mass is 35.5. The van der Waals surface area contributed by atoms with Crippen molar-refractivity contribution >= 4 is 46.1 Å². The first-order chi connectivity index (χ1) is 17.0. The third-order valence-corrected chi connectivity index (χ3v) is 7.59. The molecular weight excluding hydrogens is 518 g/mol. The number of anilines is 2. The van der Waals surface area contributed by atoms with E-state index in [2.05, 4.69) is 15.4 Å². The van der Waals surface area contributed by atoms with Gasteiger partial charge in [0.1, 0.15) is 0 Å². The van der Waals surface area contributed by atoms with Crippen LogP contribution in [0.5, 0.6) is 5.88 Å². The van der Waals surface area contributed by atoms with E-state index in [1.54, 1.807) is 36.5 Å². The summed E-state index contributed by atoms with van der Waals surface area (Å²) in [6.07, 6.45) is 1.59. The quantitative estimate of drug-likeness (QED) is 0.220. The van der Waals surface area contributed by atoms with E-state index >= 15 is 0 Å². The van der Waals surface area contributed by atoms with Crippen LogP contribution >= 0.6 is 34.7 Å². The van der Waals surface area contributed by atoms with Gasteiger partial charge in [-0.25, -0.2) is 0 Å². The minimum absolute atomic E-state index is 0. The van der Waals surface area contributed by atoms with Crippen molar-refractivity contribution in [2.75, 3.05) is 5.32 Å². The van der Waals surface area contributed by atoms with Crippen molar-refractivity contribution in [2.45, 2.75) is 15.8 Å². The van der Waals surface area contributed by atoms with Gasteiger partial charge >= 0.3 is 0 Å². The topological polar surface area (TPSA) is 141 Å². The Kier molecular flexibility index (Phi) is 7.70. The summed E-state index contributed by atoms with van der Waals surface area (Å²) in [4.78, 5) is 27.4. The van der Waals surface area contributed by atoms with Crippen molar-refractivity contribution < 1.29 is 5.11 Å². The number of benzene rings is 2. The predicted molar refractivity (Wildman–Crippen MR) is 143 cm³/mol. The lowest BCUT2D eigenvalue weighted by Gasteiger charge is -2.24. The zero-order chi connectivity index (χ0) is 24.4. The normalized spacial score (nSPS) is 11.6. The summed E-state index contributed by atoms with van der Waals surface area (Å²) in [6.45, 7) is 0. The summed E-state index contributed by atoms with van der Waals surface area (Å²) < 4.78 is 1.37. The molecule has 0 bridgehead atoms. The molecule has 0 amide bonds. The molecule has 36 heavy (non-hydrogen) atoms. The Morgan fingerprint density at radius 1 is 0.972 bits per heavy atom. The Balaban J connectivity index is 0.00000304. The monoisotopic (exact) mass is 538 g/mol. The van der Waals surface area contributed by atoms with Crippen molar-refractivity contribution in [3.63, 3.8) is 0 Å². The lowest BCUT2D eigenvalue weighted by molar-refractivity contribution is -0.284. The molecular formula is C25H21ClN5O3S2-. The third kappa shape index (κ3) is 5.26. The van der Waals surface area contributed by atoms with E-state index in [0.717, 1.165) is 34.3 Å². The van der Waals surface area contributed by atoms with Gasteiger partial charge in [0.25, 0.3) is 5.56 Å². The number of pyridine rings is 1. The average molecular weight is 539 g/mol. The Labute approximate surface area is 219 Å². The molecule has 5 aromatic rings. The number of thiophene rings is 1. The SMILES string of the molecule is N.O=c1ccc(Nc2ccc(C(c3ccsc3)n3[nH]c(=O)c(Sc4ccccc4Cl)c3[O-])cc2)c[nH]1. The number of aromatic amines is 2. The first-order valence-electron chi connectivity index (χ1n) is 10.5. The van der Waals surface area contributed by atoms with Gasteiger partial charge in [-0.15, -0.1) is 0 Å². The van der Waals surface area contributed by atoms with Crippen LogP contribution in [0.4, 0.5) is 11.4 Å². The zero-order valence-electron chi connectivity index (χ0n) is 18.7. The highest BCUT2D eigenvalue weighted by Gasteiger charge is 2.21. The van der Waals surface area contributed by atoms with Gasteiger partial charge in [0, 0.05) is 28.7 Å². The maximum absolute atomic E-state index is 13.4. The number of nitrogens with one attached hydrogen (secondary N) is 3. The first-order valence-corrected chi connectivity index (χ1v) is 12.6. The van der Waals surface area contributed by atoms with E-state index in [-0.39, 0.29) is 16.6 Å². The number of halogens is 1. The van der Waals surface area contributed by atoms with Crippen LogP contribution in [0, 0.1) is 0 Å².